The molecule has 0 saturated heterocycles. The minimum absolute atomic E-state index is 0.454. The van der Waals surface area contributed by atoms with Crippen LogP contribution in [0.5, 0.6) is 0 Å². The van der Waals surface area contributed by atoms with Crippen LogP contribution in [0, 0.1) is 5.92 Å². The van der Waals surface area contributed by atoms with Crippen LogP contribution in [0.4, 0.5) is 0 Å². The normalized spacial score (nSPS) is 13.8. The van der Waals surface area contributed by atoms with E-state index < -0.39 is 0 Å². The van der Waals surface area contributed by atoms with E-state index >= 15 is 0 Å². The van der Waals surface area contributed by atoms with Crippen molar-refractivity contribution in [3.8, 4) is 0 Å². The molecule has 0 aromatic rings. The highest BCUT2D eigenvalue weighted by molar-refractivity contribution is 4.66. The van der Waals surface area contributed by atoms with Crippen molar-refractivity contribution in [2.45, 2.75) is 65.3 Å². The summed E-state index contributed by atoms with van der Waals surface area (Å²) in [6.45, 7) is 6.76. The van der Waals surface area contributed by atoms with Gasteiger partial charge in [-0.3, -0.25) is 0 Å². The van der Waals surface area contributed by atoms with Crippen LogP contribution in [-0.4, -0.2) is 6.04 Å². The first-order chi connectivity index (χ1) is 5.74. The standard InChI is InChI=1S/C11H25N/c1-4-7-8-11(12)9-10(5-2)6-3/h10-11H,4-9,12H2,1-3H3. The van der Waals surface area contributed by atoms with Crippen LogP contribution >= 0.6 is 0 Å². The second kappa shape index (κ2) is 7.60. The molecule has 12 heavy (non-hydrogen) atoms. The Morgan fingerprint density at radius 2 is 1.67 bits per heavy atom. The van der Waals surface area contributed by atoms with Crippen LogP contribution in [0.1, 0.15) is 59.3 Å². The Bertz CT molecular complexity index is 87.0. The maximum atomic E-state index is 6.01. The average Bonchev–Trinajstić information content (AvgIpc) is 2.10. The van der Waals surface area contributed by atoms with Gasteiger partial charge >= 0.3 is 0 Å². The van der Waals surface area contributed by atoms with Crippen LogP contribution in [0.3, 0.4) is 0 Å². The number of hydrogen-bond donors (Lipinski definition) is 1. The molecule has 0 heterocycles. The summed E-state index contributed by atoms with van der Waals surface area (Å²) in [6.07, 6.45) is 7.59. The molecule has 1 nitrogen and oxygen atoms in total. The lowest BCUT2D eigenvalue weighted by Crippen LogP contribution is -2.23. The molecule has 0 spiro atoms. The lowest BCUT2D eigenvalue weighted by Gasteiger charge is -2.17. The number of unbranched alkanes of at least 4 members (excludes halogenated alkanes) is 1. The van der Waals surface area contributed by atoms with Crippen molar-refractivity contribution in [2.24, 2.45) is 11.7 Å². The van der Waals surface area contributed by atoms with Crippen LogP contribution in [0.25, 0.3) is 0 Å². The van der Waals surface area contributed by atoms with E-state index in [1.807, 2.05) is 0 Å². The molecule has 0 radical (unpaired) electrons. The van der Waals surface area contributed by atoms with Gasteiger partial charge in [0.2, 0.25) is 0 Å². The molecule has 1 heteroatoms. The van der Waals surface area contributed by atoms with Gasteiger partial charge in [0, 0.05) is 6.04 Å². The zero-order valence-corrected chi connectivity index (χ0v) is 8.97. The number of nitrogens with two attached hydrogens (primary N) is 1. The lowest BCUT2D eigenvalue weighted by atomic mass is 9.93. The van der Waals surface area contributed by atoms with Crippen molar-refractivity contribution in [3.05, 3.63) is 0 Å². The Morgan fingerprint density at radius 3 is 2.08 bits per heavy atom. The predicted octanol–water partition coefficient (Wildman–Crippen LogP) is 3.33. The first-order valence-electron chi connectivity index (χ1n) is 5.50. The van der Waals surface area contributed by atoms with Gasteiger partial charge in [-0.15, -0.1) is 0 Å². The summed E-state index contributed by atoms with van der Waals surface area (Å²) in [6, 6.07) is 0.454. The molecule has 0 aliphatic carbocycles. The summed E-state index contributed by atoms with van der Waals surface area (Å²) >= 11 is 0. The summed E-state index contributed by atoms with van der Waals surface area (Å²) in [5, 5.41) is 0. The summed E-state index contributed by atoms with van der Waals surface area (Å²) in [5.41, 5.74) is 6.01. The third-order valence-corrected chi connectivity index (χ3v) is 2.72. The summed E-state index contributed by atoms with van der Waals surface area (Å²) < 4.78 is 0. The van der Waals surface area contributed by atoms with E-state index in [4.69, 9.17) is 5.73 Å². The molecule has 0 fully saturated rings. The van der Waals surface area contributed by atoms with Gasteiger partial charge in [-0.1, -0.05) is 46.5 Å². The predicted molar refractivity (Wildman–Crippen MR) is 56.2 cm³/mol. The van der Waals surface area contributed by atoms with Crippen molar-refractivity contribution in [2.75, 3.05) is 0 Å². The second-order valence-corrected chi connectivity index (χ2v) is 3.82. The molecule has 0 saturated carbocycles. The lowest BCUT2D eigenvalue weighted by molar-refractivity contribution is 0.392. The van der Waals surface area contributed by atoms with Crippen molar-refractivity contribution in [1.82, 2.24) is 0 Å². The first kappa shape index (κ1) is 12.0. The van der Waals surface area contributed by atoms with E-state index in [1.165, 1.54) is 38.5 Å². The van der Waals surface area contributed by atoms with Gasteiger partial charge in [0.15, 0.2) is 0 Å². The Morgan fingerprint density at radius 1 is 1.08 bits per heavy atom. The monoisotopic (exact) mass is 171 g/mol. The Balaban J connectivity index is 3.44. The molecule has 0 aromatic carbocycles. The summed E-state index contributed by atoms with van der Waals surface area (Å²) in [4.78, 5) is 0. The van der Waals surface area contributed by atoms with E-state index in [-0.39, 0.29) is 0 Å². The van der Waals surface area contributed by atoms with Crippen molar-refractivity contribution < 1.29 is 0 Å². The third-order valence-electron chi connectivity index (χ3n) is 2.72. The molecule has 74 valence electrons. The Hall–Kier alpha value is -0.0400. The van der Waals surface area contributed by atoms with Crippen molar-refractivity contribution >= 4 is 0 Å². The molecule has 2 N–H and O–H groups in total. The third kappa shape index (κ3) is 5.59. The average molecular weight is 171 g/mol. The number of rotatable bonds is 7. The topological polar surface area (TPSA) is 26.0 Å². The van der Waals surface area contributed by atoms with Gasteiger partial charge in [0.1, 0.15) is 0 Å². The smallest absolute Gasteiger partial charge is 0.00414 e. The maximum absolute atomic E-state index is 6.01. The van der Waals surface area contributed by atoms with Crippen LogP contribution in [0.15, 0.2) is 0 Å². The van der Waals surface area contributed by atoms with E-state index in [1.54, 1.807) is 0 Å². The highest BCUT2D eigenvalue weighted by Gasteiger charge is 2.08. The molecule has 0 aliphatic heterocycles. The van der Waals surface area contributed by atoms with E-state index in [0.29, 0.717) is 6.04 Å². The summed E-state index contributed by atoms with van der Waals surface area (Å²) in [7, 11) is 0. The Labute approximate surface area is 77.7 Å². The van der Waals surface area contributed by atoms with Gasteiger partial charge in [-0.05, 0) is 18.8 Å². The minimum Gasteiger partial charge on any atom is -0.328 e. The molecule has 0 rings (SSSR count). The highest BCUT2D eigenvalue weighted by atomic mass is 14.6. The van der Waals surface area contributed by atoms with E-state index in [0.717, 1.165) is 5.92 Å². The fraction of sp³-hybridized carbons (Fsp3) is 1.00. The molecule has 0 amide bonds. The van der Waals surface area contributed by atoms with Crippen LogP contribution in [-0.2, 0) is 0 Å². The number of hydrogen-bond acceptors (Lipinski definition) is 1. The molecule has 0 aliphatic rings. The van der Waals surface area contributed by atoms with Gasteiger partial charge in [-0.2, -0.15) is 0 Å². The molecule has 0 aromatic heterocycles. The van der Waals surface area contributed by atoms with Crippen LogP contribution in [0.2, 0.25) is 0 Å². The van der Waals surface area contributed by atoms with E-state index in [9.17, 15) is 0 Å². The highest BCUT2D eigenvalue weighted by Crippen LogP contribution is 2.16. The minimum atomic E-state index is 0.454. The van der Waals surface area contributed by atoms with Crippen molar-refractivity contribution in [3.63, 3.8) is 0 Å². The molecule has 1 atom stereocenters. The van der Waals surface area contributed by atoms with Gasteiger partial charge < -0.3 is 5.73 Å². The van der Waals surface area contributed by atoms with Gasteiger partial charge in [0.05, 0.1) is 0 Å². The largest absolute Gasteiger partial charge is 0.328 e. The maximum Gasteiger partial charge on any atom is 0.00414 e. The first-order valence-corrected chi connectivity index (χ1v) is 5.50. The van der Waals surface area contributed by atoms with E-state index in [2.05, 4.69) is 20.8 Å². The molecule has 1 unspecified atom stereocenters. The van der Waals surface area contributed by atoms with Crippen LogP contribution < -0.4 is 5.73 Å². The zero-order chi connectivity index (χ0) is 9.40. The SMILES string of the molecule is CCCCC(N)CC(CC)CC. The molecule has 0 bridgehead atoms. The quantitative estimate of drug-likeness (QED) is 0.624. The Kier molecular flexibility index (Phi) is 7.58. The summed E-state index contributed by atoms with van der Waals surface area (Å²) in [5.74, 6) is 0.858. The zero-order valence-electron chi connectivity index (χ0n) is 8.97. The fourth-order valence-electron chi connectivity index (χ4n) is 1.63. The second-order valence-electron chi connectivity index (χ2n) is 3.82. The molecular weight excluding hydrogens is 146 g/mol. The molecular formula is C11H25N. The van der Waals surface area contributed by atoms with Crippen molar-refractivity contribution in [1.29, 1.82) is 0 Å². The van der Waals surface area contributed by atoms with Gasteiger partial charge in [-0.25, -0.2) is 0 Å². The fourth-order valence-corrected chi connectivity index (χ4v) is 1.63. The van der Waals surface area contributed by atoms with Gasteiger partial charge in [0.25, 0.3) is 0 Å².